The van der Waals surface area contributed by atoms with Gasteiger partial charge in [0.05, 0.1) is 0 Å². The second-order valence-corrected chi connectivity index (χ2v) is 6.05. The summed E-state index contributed by atoms with van der Waals surface area (Å²) in [5.41, 5.74) is 1.72. The number of halogens is 1. The van der Waals surface area contributed by atoms with Gasteiger partial charge in [-0.3, -0.25) is 0 Å². The average molecular weight is 329 g/mol. The summed E-state index contributed by atoms with van der Waals surface area (Å²) in [4.78, 5) is 13.9. The first-order valence-electron chi connectivity index (χ1n) is 7.99. The van der Waals surface area contributed by atoms with Crippen LogP contribution in [0.25, 0.3) is 0 Å². The maximum Gasteiger partial charge on any atom is 0.410 e. The van der Waals surface area contributed by atoms with E-state index in [-0.39, 0.29) is 30.9 Å². The number of aliphatic hydroxyl groups is 1. The molecule has 1 aliphatic rings. The van der Waals surface area contributed by atoms with Crippen molar-refractivity contribution in [1.82, 2.24) is 4.90 Å². The highest BCUT2D eigenvalue weighted by Gasteiger charge is 2.36. The Balaban J connectivity index is 1.64. The molecule has 126 valence electrons. The van der Waals surface area contributed by atoms with Gasteiger partial charge in [0, 0.05) is 31.5 Å². The minimum absolute atomic E-state index is 0.0519. The molecule has 2 aromatic carbocycles. The first-order chi connectivity index (χ1) is 11.7. The molecule has 0 bridgehead atoms. The van der Waals surface area contributed by atoms with E-state index in [4.69, 9.17) is 4.74 Å². The summed E-state index contributed by atoms with van der Waals surface area (Å²) < 4.78 is 18.8. The van der Waals surface area contributed by atoms with Gasteiger partial charge >= 0.3 is 6.09 Å². The van der Waals surface area contributed by atoms with Gasteiger partial charge < -0.3 is 14.7 Å². The molecule has 1 saturated heterocycles. The fourth-order valence-corrected chi connectivity index (χ4v) is 3.13. The normalized spacial score (nSPS) is 20.2. The molecule has 0 unspecified atom stereocenters. The minimum atomic E-state index is -0.406. The number of carbonyl (C=O) groups is 1. The van der Waals surface area contributed by atoms with E-state index in [2.05, 4.69) is 0 Å². The molecule has 0 spiro atoms. The lowest BCUT2D eigenvalue weighted by Crippen LogP contribution is -2.29. The molecule has 3 rings (SSSR count). The fourth-order valence-electron chi connectivity index (χ4n) is 3.13. The van der Waals surface area contributed by atoms with E-state index >= 15 is 0 Å². The summed E-state index contributed by atoms with van der Waals surface area (Å²) in [6.07, 6.45) is -0.406. The molecule has 24 heavy (non-hydrogen) atoms. The van der Waals surface area contributed by atoms with Crippen molar-refractivity contribution in [3.05, 3.63) is 71.5 Å². The standard InChI is InChI=1S/C19H20FNO3/c20-17-8-4-7-15(9-17)18-11-21(10-16(18)12-22)19(23)24-13-14-5-2-1-3-6-14/h1-9,16,18,22H,10-13H2/t16-,18-/m0/s1. The van der Waals surface area contributed by atoms with Crippen molar-refractivity contribution < 1.29 is 19.0 Å². The first-order valence-corrected chi connectivity index (χ1v) is 7.99. The van der Waals surface area contributed by atoms with Gasteiger partial charge in [-0.25, -0.2) is 9.18 Å². The van der Waals surface area contributed by atoms with Crippen LogP contribution in [0.2, 0.25) is 0 Å². The number of ether oxygens (including phenoxy) is 1. The lowest BCUT2D eigenvalue weighted by atomic mass is 9.89. The Bertz CT molecular complexity index is 692. The SMILES string of the molecule is O=C(OCc1ccccc1)N1C[C@@H](CO)[C@H](c2cccc(F)c2)C1. The number of benzene rings is 2. The van der Waals surface area contributed by atoms with Crippen LogP contribution in [-0.4, -0.2) is 35.8 Å². The molecule has 5 heteroatoms. The van der Waals surface area contributed by atoms with E-state index in [1.165, 1.54) is 12.1 Å². The number of likely N-dealkylation sites (tertiary alicyclic amines) is 1. The van der Waals surface area contributed by atoms with E-state index in [9.17, 15) is 14.3 Å². The Kier molecular flexibility index (Phi) is 5.11. The van der Waals surface area contributed by atoms with Crippen molar-refractivity contribution in [2.75, 3.05) is 19.7 Å². The Morgan fingerprint density at radius 2 is 1.96 bits per heavy atom. The maximum atomic E-state index is 13.4. The average Bonchev–Trinajstić information content (AvgIpc) is 3.05. The van der Waals surface area contributed by atoms with E-state index in [1.54, 1.807) is 11.0 Å². The highest BCUT2D eigenvalue weighted by Crippen LogP contribution is 2.33. The molecule has 1 N–H and O–H groups in total. The van der Waals surface area contributed by atoms with Crippen molar-refractivity contribution in [3.63, 3.8) is 0 Å². The van der Waals surface area contributed by atoms with Gasteiger partial charge in [-0.05, 0) is 23.3 Å². The van der Waals surface area contributed by atoms with Gasteiger partial charge in [0.25, 0.3) is 0 Å². The molecule has 1 heterocycles. The quantitative estimate of drug-likeness (QED) is 0.937. The summed E-state index contributed by atoms with van der Waals surface area (Å²) in [5, 5.41) is 9.60. The van der Waals surface area contributed by atoms with Crippen LogP contribution in [0, 0.1) is 11.7 Å². The molecule has 0 aromatic heterocycles. The van der Waals surface area contributed by atoms with Crippen LogP contribution < -0.4 is 0 Å². The number of hydrogen-bond donors (Lipinski definition) is 1. The smallest absolute Gasteiger partial charge is 0.410 e. The van der Waals surface area contributed by atoms with Gasteiger partial charge in [0.15, 0.2) is 0 Å². The lowest BCUT2D eigenvalue weighted by molar-refractivity contribution is 0.101. The van der Waals surface area contributed by atoms with Crippen molar-refractivity contribution >= 4 is 6.09 Å². The molecule has 0 saturated carbocycles. The molecule has 4 nitrogen and oxygen atoms in total. The number of nitrogens with zero attached hydrogens (tertiary/aromatic N) is 1. The Morgan fingerprint density at radius 1 is 1.17 bits per heavy atom. The molecule has 2 aromatic rings. The number of aliphatic hydroxyl groups excluding tert-OH is 1. The van der Waals surface area contributed by atoms with E-state index in [1.807, 2.05) is 36.4 Å². The number of hydrogen-bond acceptors (Lipinski definition) is 3. The van der Waals surface area contributed by atoms with Crippen molar-refractivity contribution in [2.24, 2.45) is 5.92 Å². The highest BCUT2D eigenvalue weighted by atomic mass is 19.1. The number of carbonyl (C=O) groups excluding carboxylic acids is 1. The molecule has 1 fully saturated rings. The second-order valence-electron chi connectivity index (χ2n) is 6.05. The fraction of sp³-hybridized carbons (Fsp3) is 0.316. The van der Waals surface area contributed by atoms with E-state index in [0.717, 1.165) is 11.1 Å². The monoisotopic (exact) mass is 329 g/mol. The predicted octanol–water partition coefficient (Wildman–Crippen LogP) is 3.17. The zero-order chi connectivity index (χ0) is 16.9. The maximum absolute atomic E-state index is 13.4. The Morgan fingerprint density at radius 3 is 2.67 bits per heavy atom. The largest absolute Gasteiger partial charge is 0.445 e. The summed E-state index contributed by atoms with van der Waals surface area (Å²) in [6.45, 7) is 0.988. The predicted molar refractivity (Wildman–Crippen MR) is 87.9 cm³/mol. The summed E-state index contributed by atoms with van der Waals surface area (Å²) in [6, 6.07) is 15.8. The molecule has 0 radical (unpaired) electrons. The van der Waals surface area contributed by atoms with Crippen LogP contribution in [0.3, 0.4) is 0 Å². The van der Waals surface area contributed by atoms with Crippen molar-refractivity contribution in [2.45, 2.75) is 12.5 Å². The molecule has 1 amide bonds. The van der Waals surface area contributed by atoms with Crippen LogP contribution >= 0.6 is 0 Å². The Labute approximate surface area is 140 Å². The molecule has 0 aliphatic carbocycles. The third-order valence-corrected chi connectivity index (χ3v) is 4.42. The summed E-state index contributed by atoms with van der Waals surface area (Å²) >= 11 is 0. The minimum Gasteiger partial charge on any atom is -0.445 e. The topological polar surface area (TPSA) is 49.8 Å². The van der Waals surface area contributed by atoms with E-state index < -0.39 is 6.09 Å². The third kappa shape index (κ3) is 3.74. The highest BCUT2D eigenvalue weighted by molar-refractivity contribution is 5.68. The van der Waals surface area contributed by atoms with Crippen LogP contribution in [0.15, 0.2) is 54.6 Å². The van der Waals surface area contributed by atoms with Crippen LogP contribution in [0.4, 0.5) is 9.18 Å². The molecular formula is C19H20FNO3. The van der Waals surface area contributed by atoms with Gasteiger partial charge in [-0.2, -0.15) is 0 Å². The molecular weight excluding hydrogens is 309 g/mol. The van der Waals surface area contributed by atoms with Crippen LogP contribution in [0.1, 0.15) is 17.0 Å². The van der Waals surface area contributed by atoms with Crippen molar-refractivity contribution in [3.8, 4) is 0 Å². The van der Waals surface area contributed by atoms with E-state index in [0.29, 0.717) is 13.1 Å². The van der Waals surface area contributed by atoms with Gasteiger partial charge in [0.2, 0.25) is 0 Å². The molecule has 1 aliphatic heterocycles. The number of amides is 1. The third-order valence-electron chi connectivity index (χ3n) is 4.42. The number of rotatable bonds is 4. The van der Waals surface area contributed by atoms with Gasteiger partial charge in [0.1, 0.15) is 12.4 Å². The molecule has 2 atom stereocenters. The summed E-state index contributed by atoms with van der Waals surface area (Å²) in [5.74, 6) is -0.514. The Hall–Kier alpha value is -2.40. The van der Waals surface area contributed by atoms with Gasteiger partial charge in [-0.1, -0.05) is 42.5 Å². The van der Waals surface area contributed by atoms with Crippen LogP contribution in [-0.2, 0) is 11.3 Å². The lowest BCUT2D eigenvalue weighted by Gasteiger charge is -2.16. The first kappa shape index (κ1) is 16.5. The second kappa shape index (κ2) is 7.45. The van der Waals surface area contributed by atoms with Crippen molar-refractivity contribution in [1.29, 1.82) is 0 Å². The van der Waals surface area contributed by atoms with Gasteiger partial charge in [-0.15, -0.1) is 0 Å². The zero-order valence-corrected chi connectivity index (χ0v) is 13.3. The summed E-state index contributed by atoms with van der Waals surface area (Å²) in [7, 11) is 0. The zero-order valence-electron chi connectivity index (χ0n) is 13.3. The van der Waals surface area contributed by atoms with Crippen LogP contribution in [0.5, 0.6) is 0 Å².